The predicted octanol–water partition coefficient (Wildman–Crippen LogP) is 1.17. The van der Waals surface area contributed by atoms with Gasteiger partial charge >= 0.3 is 0 Å². The van der Waals surface area contributed by atoms with Gasteiger partial charge in [-0.15, -0.1) is 0 Å². The van der Waals surface area contributed by atoms with Crippen LogP contribution in [0.1, 0.15) is 27.2 Å². The number of rotatable bonds is 7. The van der Waals surface area contributed by atoms with E-state index in [9.17, 15) is 5.11 Å². The van der Waals surface area contributed by atoms with Gasteiger partial charge in [-0.3, -0.25) is 4.31 Å². The molecule has 2 atom stereocenters. The van der Waals surface area contributed by atoms with Gasteiger partial charge in [-0.2, -0.15) is 0 Å². The third-order valence-corrected chi connectivity index (χ3v) is 2.67. The maximum Gasteiger partial charge on any atom is 0.0723 e. The largest absolute Gasteiger partial charge is 0.396 e. The number of thiol groups is 1. The van der Waals surface area contributed by atoms with Gasteiger partial charge in [0, 0.05) is 25.6 Å². The summed E-state index contributed by atoms with van der Waals surface area (Å²) in [6.45, 7) is 7.55. The maximum atomic E-state index is 9.60. The standard InChI is InChI=1S/C10H23NO2S/c1-8(2)4-5-11(14)6-10(13)9(3)7-12/h8-10,12-14H,4-7H2,1-3H3. The molecule has 0 aliphatic heterocycles. The Bertz CT molecular complexity index is 144. The highest BCUT2D eigenvalue weighted by Crippen LogP contribution is 2.08. The van der Waals surface area contributed by atoms with E-state index in [1.165, 1.54) is 0 Å². The molecule has 0 aromatic rings. The van der Waals surface area contributed by atoms with Crippen molar-refractivity contribution in [3.05, 3.63) is 0 Å². The Kier molecular flexibility index (Phi) is 7.64. The summed E-state index contributed by atoms with van der Waals surface area (Å²) < 4.78 is 1.82. The van der Waals surface area contributed by atoms with Crippen molar-refractivity contribution in [2.75, 3.05) is 19.7 Å². The third-order valence-electron chi connectivity index (χ3n) is 2.31. The van der Waals surface area contributed by atoms with Crippen LogP contribution in [0.5, 0.6) is 0 Å². The summed E-state index contributed by atoms with van der Waals surface area (Å²) >= 11 is 4.27. The fraction of sp³-hybridized carbons (Fsp3) is 1.00. The predicted molar refractivity (Wildman–Crippen MR) is 62.3 cm³/mol. The van der Waals surface area contributed by atoms with Crippen LogP contribution in [0.2, 0.25) is 0 Å². The molecular formula is C10H23NO2S. The molecule has 0 rings (SSSR count). The van der Waals surface area contributed by atoms with E-state index in [0.29, 0.717) is 12.5 Å². The molecular weight excluding hydrogens is 198 g/mol. The van der Waals surface area contributed by atoms with Crippen molar-refractivity contribution in [2.45, 2.75) is 33.3 Å². The lowest BCUT2D eigenvalue weighted by molar-refractivity contribution is 0.0638. The number of hydrogen-bond acceptors (Lipinski definition) is 4. The molecule has 0 heterocycles. The van der Waals surface area contributed by atoms with Gasteiger partial charge in [-0.05, 0) is 12.3 Å². The van der Waals surface area contributed by atoms with Gasteiger partial charge in [0.15, 0.2) is 0 Å². The molecule has 0 saturated carbocycles. The minimum atomic E-state index is -0.496. The molecule has 0 aromatic heterocycles. The molecule has 0 bridgehead atoms. The number of hydrogen-bond donors (Lipinski definition) is 3. The van der Waals surface area contributed by atoms with E-state index in [0.717, 1.165) is 13.0 Å². The zero-order valence-electron chi connectivity index (χ0n) is 9.35. The summed E-state index contributed by atoms with van der Waals surface area (Å²) in [5, 5.41) is 18.4. The van der Waals surface area contributed by atoms with E-state index >= 15 is 0 Å². The molecule has 3 nitrogen and oxygen atoms in total. The van der Waals surface area contributed by atoms with Crippen molar-refractivity contribution in [3.8, 4) is 0 Å². The summed E-state index contributed by atoms with van der Waals surface area (Å²) in [5.41, 5.74) is 0. The Morgan fingerprint density at radius 2 is 1.86 bits per heavy atom. The van der Waals surface area contributed by atoms with Crippen LogP contribution in [0.4, 0.5) is 0 Å². The quantitative estimate of drug-likeness (QED) is 0.565. The van der Waals surface area contributed by atoms with Crippen LogP contribution in [0, 0.1) is 11.8 Å². The van der Waals surface area contributed by atoms with Crippen LogP contribution in [0.3, 0.4) is 0 Å². The van der Waals surface area contributed by atoms with Crippen molar-refractivity contribution in [2.24, 2.45) is 11.8 Å². The molecule has 0 aliphatic rings. The minimum absolute atomic E-state index is 0.0208. The zero-order chi connectivity index (χ0) is 11.1. The van der Waals surface area contributed by atoms with Crippen molar-refractivity contribution < 1.29 is 10.2 Å². The first-order valence-corrected chi connectivity index (χ1v) is 5.60. The molecule has 0 amide bonds. The highest BCUT2D eigenvalue weighted by Gasteiger charge is 2.15. The Morgan fingerprint density at radius 1 is 1.29 bits per heavy atom. The molecule has 0 spiro atoms. The maximum absolute atomic E-state index is 9.60. The topological polar surface area (TPSA) is 43.7 Å². The lowest BCUT2D eigenvalue weighted by atomic mass is 10.1. The SMILES string of the molecule is CC(C)CCN(S)CC(O)C(C)CO. The first kappa shape index (κ1) is 14.2. The van der Waals surface area contributed by atoms with Crippen LogP contribution in [0.25, 0.3) is 0 Å². The Balaban J connectivity index is 3.65. The van der Waals surface area contributed by atoms with Gasteiger partial charge in [0.25, 0.3) is 0 Å². The van der Waals surface area contributed by atoms with Crippen LogP contribution in [-0.4, -0.2) is 40.3 Å². The number of aliphatic hydroxyl groups is 2. The summed E-state index contributed by atoms with van der Waals surface area (Å²) in [6.07, 6.45) is 0.577. The van der Waals surface area contributed by atoms with Gasteiger partial charge in [0.05, 0.1) is 6.10 Å². The van der Waals surface area contributed by atoms with Crippen LogP contribution in [0.15, 0.2) is 0 Å². The first-order valence-electron chi connectivity index (χ1n) is 5.20. The molecule has 2 N–H and O–H groups in total. The van der Waals surface area contributed by atoms with Gasteiger partial charge in [0.1, 0.15) is 0 Å². The Morgan fingerprint density at radius 3 is 2.29 bits per heavy atom. The van der Waals surface area contributed by atoms with Crippen LogP contribution in [-0.2, 0) is 0 Å². The second-order valence-corrected chi connectivity index (χ2v) is 4.89. The highest BCUT2D eigenvalue weighted by molar-refractivity contribution is 7.77. The second kappa shape index (κ2) is 7.51. The number of nitrogens with zero attached hydrogens (tertiary/aromatic N) is 1. The van der Waals surface area contributed by atoms with Crippen LogP contribution < -0.4 is 0 Å². The zero-order valence-corrected chi connectivity index (χ0v) is 10.2. The molecule has 0 aliphatic carbocycles. The van der Waals surface area contributed by atoms with Gasteiger partial charge in [-0.1, -0.05) is 33.6 Å². The minimum Gasteiger partial charge on any atom is -0.396 e. The van der Waals surface area contributed by atoms with Crippen LogP contribution >= 0.6 is 12.8 Å². The highest BCUT2D eigenvalue weighted by atomic mass is 32.1. The summed E-state index contributed by atoms with van der Waals surface area (Å²) in [7, 11) is 0. The van der Waals surface area contributed by atoms with Crippen molar-refractivity contribution in [1.82, 2.24) is 4.31 Å². The van der Waals surface area contributed by atoms with Crippen molar-refractivity contribution in [3.63, 3.8) is 0 Å². The monoisotopic (exact) mass is 221 g/mol. The van der Waals surface area contributed by atoms with Gasteiger partial charge < -0.3 is 10.2 Å². The van der Waals surface area contributed by atoms with E-state index in [1.807, 2.05) is 11.2 Å². The smallest absolute Gasteiger partial charge is 0.0723 e. The van der Waals surface area contributed by atoms with Crippen molar-refractivity contribution in [1.29, 1.82) is 0 Å². The molecule has 14 heavy (non-hydrogen) atoms. The lowest BCUT2D eigenvalue weighted by Gasteiger charge is -2.23. The fourth-order valence-electron chi connectivity index (χ4n) is 1.02. The summed E-state index contributed by atoms with van der Waals surface area (Å²) in [4.78, 5) is 0. The van der Waals surface area contributed by atoms with E-state index in [4.69, 9.17) is 5.11 Å². The van der Waals surface area contributed by atoms with E-state index < -0.39 is 6.10 Å². The van der Waals surface area contributed by atoms with Crippen molar-refractivity contribution >= 4 is 12.8 Å². The van der Waals surface area contributed by atoms with E-state index in [-0.39, 0.29) is 12.5 Å². The summed E-state index contributed by atoms with van der Waals surface area (Å²) in [5.74, 6) is 0.570. The molecule has 0 saturated heterocycles. The average Bonchev–Trinajstić information content (AvgIpc) is 2.13. The van der Waals surface area contributed by atoms with E-state index in [1.54, 1.807) is 0 Å². The molecule has 4 heteroatoms. The molecule has 0 fully saturated rings. The molecule has 0 aromatic carbocycles. The first-order chi connectivity index (χ1) is 6.47. The molecule has 2 unspecified atom stereocenters. The fourth-order valence-corrected chi connectivity index (χ4v) is 1.30. The van der Waals surface area contributed by atoms with Gasteiger partial charge in [0.2, 0.25) is 0 Å². The average molecular weight is 221 g/mol. The van der Waals surface area contributed by atoms with E-state index in [2.05, 4.69) is 26.7 Å². The second-order valence-electron chi connectivity index (χ2n) is 4.32. The lowest BCUT2D eigenvalue weighted by Crippen LogP contribution is -2.32. The molecule has 0 radical (unpaired) electrons. The Labute approximate surface area is 92.7 Å². The summed E-state index contributed by atoms with van der Waals surface area (Å²) in [6, 6.07) is 0. The van der Waals surface area contributed by atoms with Gasteiger partial charge in [-0.25, -0.2) is 0 Å². The Hall–Kier alpha value is 0.230. The molecule has 86 valence electrons. The third kappa shape index (κ3) is 6.65. The number of aliphatic hydroxyl groups excluding tert-OH is 2. The normalized spacial score (nSPS) is 16.3.